The normalized spacial score (nSPS) is 17.2. The fraction of sp³-hybridized carbons (Fsp3) is 0.552. The van der Waals surface area contributed by atoms with Crippen molar-refractivity contribution in [3.8, 4) is 5.75 Å². The lowest BCUT2D eigenvalue weighted by Crippen LogP contribution is -2.44. The summed E-state index contributed by atoms with van der Waals surface area (Å²) in [7, 11) is 3.51. The number of thiazole rings is 1. The highest BCUT2D eigenvalue weighted by atomic mass is 32.1. The minimum atomic E-state index is -0.0604. The molecule has 200 valence electrons. The molecular formula is C29H40N4O3S. The number of carbonyl (C=O) groups is 2. The first-order valence-electron chi connectivity index (χ1n) is 13.5. The van der Waals surface area contributed by atoms with Crippen LogP contribution in [0.1, 0.15) is 78.8 Å². The third-order valence-electron chi connectivity index (χ3n) is 7.67. The van der Waals surface area contributed by atoms with Gasteiger partial charge in [-0.1, -0.05) is 29.8 Å². The van der Waals surface area contributed by atoms with Crippen LogP contribution in [-0.4, -0.2) is 66.6 Å². The van der Waals surface area contributed by atoms with Crippen LogP contribution in [0, 0.1) is 0 Å². The molecule has 0 spiro atoms. The van der Waals surface area contributed by atoms with Crippen molar-refractivity contribution >= 4 is 23.3 Å². The summed E-state index contributed by atoms with van der Waals surface area (Å²) >= 11 is 1.56. The Labute approximate surface area is 224 Å². The number of allylic oxidation sites excluding steroid dienone is 1. The van der Waals surface area contributed by atoms with E-state index in [1.54, 1.807) is 23.3 Å². The standard InChI is InChI=1S/C29H40N4O3S/c1-21(19-24-11-7-8-12-26(24)36-3)32(2)28(34)25-20-37-27(31-25)23-14-17-33(18-15-23)29(35)30-16-13-22-9-5-4-6-10-22/h7-9,11-12,20-21,23H,4-6,10,13-19H2,1-3H3,(H,30,35). The number of likely N-dealkylation sites (tertiary alicyclic amines) is 1. The van der Waals surface area contributed by atoms with Gasteiger partial charge >= 0.3 is 6.03 Å². The largest absolute Gasteiger partial charge is 0.496 e. The molecule has 8 heteroatoms. The Bertz CT molecular complexity index is 1090. The highest BCUT2D eigenvalue weighted by Gasteiger charge is 2.27. The van der Waals surface area contributed by atoms with E-state index in [4.69, 9.17) is 9.72 Å². The molecule has 1 aliphatic carbocycles. The highest BCUT2D eigenvalue weighted by Crippen LogP contribution is 2.31. The Balaban J connectivity index is 1.24. The highest BCUT2D eigenvalue weighted by molar-refractivity contribution is 7.09. The number of amides is 3. The molecule has 1 aromatic heterocycles. The SMILES string of the molecule is COc1ccccc1CC(C)N(C)C(=O)c1csc(C2CCN(C(=O)NCCC3=CCCCC3)CC2)n1. The van der Waals surface area contributed by atoms with Gasteiger partial charge in [-0.05, 0) is 69.9 Å². The first kappa shape index (κ1) is 27.2. The van der Waals surface area contributed by atoms with E-state index in [0.717, 1.165) is 48.7 Å². The zero-order chi connectivity index (χ0) is 26.2. The van der Waals surface area contributed by atoms with Crippen molar-refractivity contribution in [2.75, 3.05) is 33.8 Å². The minimum Gasteiger partial charge on any atom is -0.496 e. The van der Waals surface area contributed by atoms with Crippen LogP contribution in [0.25, 0.3) is 0 Å². The summed E-state index contributed by atoms with van der Waals surface area (Å²) in [4.78, 5) is 34.2. The number of benzene rings is 1. The monoisotopic (exact) mass is 524 g/mol. The first-order valence-corrected chi connectivity index (χ1v) is 14.4. The van der Waals surface area contributed by atoms with Crippen LogP contribution >= 0.6 is 11.3 Å². The lowest BCUT2D eigenvalue weighted by atomic mass is 9.97. The number of hydrogen-bond donors (Lipinski definition) is 1. The number of aromatic nitrogens is 1. The maximum atomic E-state index is 13.2. The fourth-order valence-corrected chi connectivity index (χ4v) is 6.15. The van der Waals surface area contributed by atoms with Crippen LogP contribution in [0.2, 0.25) is 0 Å². The number of methoxy groups -OCH3 is 1. The first-order chi connectivity index (χ1) is 18.0. The number of ether oxygens (including phenoxy) is 1. The van der Waals surface area contributed by atoms with Gasteiger partial charge < -0.3 is 19.9 Å². The molecule has 1 saturated heterocycles. The number of nitrogens with zero attached hydrogens (tertiary/aromatic N) is 3. The summed E-state index contributed by atoms with van der Waals surface area (Å²) in [6.07, 6.45) is 10.7. The summed E-state index contributed by atoms with van der Waals surface area (Å²) in [5, 5.41) is 5.97. The predicted molar refractivity (Wildman–Crippen MR) is 148 cm³/mol. The van der Waals surface area contributed by atoms with Crippen molar-refractivity contribution in [2.45, 2.75) is 70.3 Å². The van der Waals surface area contributed by atoms with Gasteiger partial charge in [-0.15, -0.1) is 11.3 Å². The number of rotatable bonds is 9. The molecule has 1 aromatic carbocycles. The Morgan fingerprint density at radius 1 is 1.24 bits per heavy atom. The molecule has 0 saturated carbocycles. The van der Waals surface area contributed by atoms with Gasteiger partial charge in [0.1, 0.15) is 11.4 Å². The van der Waals surface area contributed by atoms with E-state index in [-0.39, 0.29) is 18.0 Å². The van der Waals surface area contributed by atoms with E-state index >= 15 is 0 Å². The van der Waals surface area contributed by atoms with Gasteiger partial charge in [0.15, 0.2) is 0 Å². The predicted octanol–water partition coefficient (Wildman–Crippen LogP) is 5.63. The van der Waals surface area contributed by atoms with Crippen LogP contribution in [0.3, 0.4) is 0 Å². The molecule has 7 nitrogen and oxygen atoms in total. The van der Waals surface area contributed by atoms with Gasteiger partial charge in [0.25, 0.3) is 5.91 Å². The summed E-state index contributed by atoms with van der Waals surface area (Å²) in [5.74, 6) is 1.07. The van der Waals surface area contributed by atoms with Crippen molar-refractivity contribution in [1.82, 2.24) is 20.1 Å². The molecule has 4 rings (SSSR count). The van der Waals surface area contributed by atoms with Crippen molar-refractivity contribution in [3.63, 3.8) is 0 Å². The number of piperidine rings is 1. The van der Waals surface area contributed by atoms with E-state index in [9.17, 15) is 9.59 Å². The van der Waals surface area contributed by atoms with Crippen LogP contribution in [0.5, 0.6) is 5.75 Å². The van der Waals surface area contributed by atoms with Crippen molar-refractivity contribution in [3.05, 3.63) is 57.6 Å². The average molecular weight is 525 g/mol. The van der Waals surface area contributed by atoms with Gasteiger partial charge in [0, 0.05) is 44.0 Å². The molecule has 1 aliphatic heterocycles. The number of urea groups is 1. The van der Waals surface area contributed by atoms with Gasteiger partial charge in [0.2, 0.25) is 0 Å². The lowest BCUT2D eigenvalue weighted by Gasteiger charge is -2.31. The van der Waals surface area contributed by atoms with Gasteiger partial charge in [0.05, 0.1) is 12.1 Å². The molecule has 1 fully saturated rings. The van der Waals surface area contributed by atoms with E-state index < -0.39 is 0 Å². The fourth-order valence-electron chi connectivity index (χ4n) is 5.18. The summed E-state index contributed by atoms with van der Waals surface area (Å²) in [5.41, 5.74) is 3.07. The van der Waals surface area contributed by atoms with Gasteiger partial charge in [-0.25, -0.2) is 9.78 Å². The molecule has 37 heavy (non-hydrogen) atoms. The maximum absolute atomic E-state index is 13.2. The van der Waals surface area contributed by atoms with E-state index in [0.29, 0.717) is 24.6 Å². The number of carbonyl (C=O) groups excluding carboxylic acids is 2. The Hall–Kier alpha value is -2.87. The lowest BCUT2D eigenvalue weighted by molar-refractivity contribution is 0.0737. The van der Waals surface area contributed by atoms with Crippen molar-refractivity contribution in [1.29, 1.82) is 0 Å². The van der Waals surface area contributed by atoms with Crippen LogP contribution in [0.15, 0.2) is 41.3 Å². The summed E-state index contributed by atoms with van der Waals surface area (Å²) < 4.78 is 5.46. The van der Waals surface area contributed by atoms with Crippen LogP contribution < -0.4 is 10.1 Å². The number of nitrogens with one attached hydrogen (secondary N) is 1. The number of para-hydroxylation sites is 1. The minimum absolute atomic E-state index is 0.00473. The molecule has 0 radical (unpaired) electrons. The second kappa shape index (κ2) is 13.1. The molecule has 1 atom stereocenters. The third-order valence-corrected chi connectivity index (χ3v) is 8.68. The average Bonchev–Trinajstić information content (AvgIpc) is 3.43. The van der Waals surface area contributed by atoms with E-state index in [1.807, 2.05) is 48.5 Å². The quantitative estimate of drug-likeness (QED) is 0.431. The maximum Gasteiger partial charge on any atom is 0.317 e. The summed E-state index contributed by atoms with van der Waals surface area (Å²) in [6, 6.07) is 7.96. The third kappa shape index (κ3) is 7.12. The smallest absolute Gasteiger partial charge is 0.317 e. The second-order valence-electron chi connectivity index (χ2n) is 10.2. The van der Waals surface area contributed by atoms with Crippen molar-refractivity contribution in [2.24, 2.45) is 0 Å². The Kier molecular flexibility index (Phi) is 9.61. The van der Waals surface area contributed by atoms with Gasteiger partial charge in [-0.2, -0.15) is 0 Å². The molecule has 1 N–H and O–H groups in total. The van der Waals surface area contributed by atoms with Crippen LogP contribution in [-0.2, 0) is 6.42 Å². The van der Waals surface area contributed by atoms with Crippen LogP contribution in [0.4, 0.5) is 4.79 Å². The molecular weight excluding hydrogens is 484 g/mol. The molecule has 1 unspecified atom stereocenters. The Morgan fingerprint density at radius 3 is 2.76 bits per heavy atom. The van der Waals surface area contributed by atoms with E-state index in [1.165, 1.54) is 31.3 Å². The molecule has 2 heterocycles. The summed E-state index contributed by atoms with van der Waals surface area (Å²) in [6.45, 7) is 4.20. The molecule has 2 aliphatic rings. The molecule has 0 bridgehead atoms. The van der Waals surface area contributed by atoms with Gasteiger partial charge in [-0.3, -0.25) is 4.79 Å². The second-order valence-corrected chi connectivity index (χ2v) is 11.1. The van der Waals surface area contributed by atoms with E-state index in [2.05, 4.69) is 11.4 Å². The number of likely N-dealkylation sites (N-methyl/N-ethyl adjacent to an activating group) is 1. The molecule has 3 amide bonds. The topological polar surface area (TPSA) is 74.8 Å². The number of hydrogen-bond acceptors (Lipinski definition) is 5. The molecule has 2 aromatic rings. The Morgan fingerprint density at radius 2 is 2.03 bits per heavy atom. The van der Waals surface area contributed by atoms with Crippen molar-refractivity contribution < 1.29 is 14.3 Å². The zero-order valence-corrected chi connectivity index (χ0v) is 23.2. The zero-order valence-electron chi connectivity index (χ0n) is 22.4.